The van der Waals surface area contributed by atoms with Crippen molar-refractivity contribution in [1.82, 2.24) is 0 Å². The Balaban J connectivity index is 4.47. The normalized spacial score (nSPS) is 15.0. The molecule has 0 radical (unpaired) electrons. The lowest BCUT2D eigenvalue weighted by Crippen LogP contribution is -2.34. The van der Waals surface area contributed by atoms with E-state index < -0.39 is 0 Å². The van der Waals surface area contributed by atoms with E-state index in [9.17, 15) is 0 Å². The molecular formula is C8H18N2. The molecule has 2 heteroatoms. The Kier molecular flexibility index (Phi) is 3.06. The standard InChI is InChI=1S/C8H18N2/c1-6(5-9)7(2)8(3,4)10/h5,9-10H2,1-4H3/b7-6+. The first-order valence-corrected chi connectivity index (χ1v) is 3.55. The highest BCUT2D eigenvalue weighted by Gasteiger charge is 2.14. The summed E-state index contributed by atoms with van der Waals surface area (Å²) in [6.45, 7) is 8.63. The summed E-state index contributed by atoms with van der Waals surface area (Å²) < 4.78 is 0. The molecule has 0 rings (SSSR count). The molecule has 0 aliphatic heterocycles. The topological polar surface area (TPSA) is 52.0 Å². The zero-order valence-corrected chi connectivity index (χ0v) is 7.36. The highest BCUT2D eigenvalue weighted by molar-refractivity contribution is 5.20. The van der Waals surface area contributed by atoms with Gasteiger partial charge in [-0.3, -0.25) is 0 Å². The lowest BCUT2D eigenvalue weighted by atomic mass is 9.93. The Morgan fingerprint density at radius 1 is 1.30 bits per heavy atom. The molecule has 0 spiro atoms. The molecular weight excluding hydrogens is 124 g/mol. The summed E-state index contributed by atoms with van der Waals surface area (Å²) in [6, 6.07) is 0. The molecule has 0 saturated carbocycles. The maximum atomic E-state index is 5.84. The van der Waals surface area contributed by atoms with Crippen LogP contribution in [0.1, 0.15) is 27.7 Å². The summed E-state index contributed by atoms with van der Waals surface area (Å²) >= 11 is 0. The predicted molar refractivity (Wildman–Crippen MR) is 45.7 cm³/mol. The molecule has 0 aliphatic rings. The van der Waals surface area contributed by atoms with Gasteiger partial charge in [0, 0.05) is 12.1 Å². The van der Waals surface area contributed by atoms with Crippen LogP contribution < -0.4 is 11.5 Å². The zero-order chi connectivity index (χ0) is 8.36. The van der Waals surface area contributed by atoms with Crippen molar-refractivity contribution in [3.63, 3.8) is 0 Å². The predicted octanol–water partition coefficient (Wildman–Crippen LogP) is 1.02. The Morgan fingerprint density at radius 2 is 1.70 bits per heavy atom. The van der Waals surface area contributed by atoms with Gasteiger partial charge in [0.1, 0.15) is 0 Å². The Bertz CT molecular complexity index is 140. The zero-order valence-electron chi connectivity index (χ0n) is 7.36. The van der Waals surface area contributed by atoms with E-state index >= 15 is 0 Å². The van der Waals surface area contributed by atoms with Crippen molar-refractivity contribution < 1.29 is 0 Å². The molecule has 0 heterocycles. The van der Waals surface area contributed by atoms with Gasteiger partial charge < -0.3 is 11.5 Å². The van der Waals surface area contributed by atoms with Crippen molar-refractivity contribution >= 4 is 0 Å². The molecule has 0 saturated heterocycles. The van der Waals surface area contributed by atoms with Crippen LogP contribution in [0, 0.1) is 0 Å². The van der Waals surface area contributed by atoms with Gasteiger partial charge in [-0.15, -0.1) is 0 Å². The summed E-state index contributed by atoms with van der Waals surface area (Å²) in [6.07, 6.45) is 0. The van der Waals surface area contributed by atoms with Crippen LogP contribution in [0.5, 0.6) is 0 Å². The molecule has 0 aromatic heterocycles. The van der Waals surface area contributed by atoms with E-state index in [1.165, 1.54) is 11.1 Å². The third-order valence-corrected chi connectivity index (χ3v) is 1.91. The van der Waals surface area contributed by atoms with Crippen LogP contribution in [0.2, 0.25) is 0 Å². The van der Waals surface area contributed by atoms with Gasteiger partial charge in [-0.1, -0.05) is 11.1 Å². The van der Waals surface area contributed by atoms with E-state index in [1.807, 2.05) is 27.7 Å². The summed E-state index contributed by atoms with van der Waals surface area (Å²) in [5, 5.41) is 0. The molecule has 0 aliphatic carbocycles. The maximum Gasteiger partial charge on any atom is 0.0311 e. The third-order valence-electron chi connectivity index (χ3n) is 1.91. The Labute approximate surface area is 63.3 Å². The monoisotopic (exact) mass is 142 g/mol. The first-order chi connectivity index (χ1) is 4.39. The average Bonchev–Trinajstić information content (AvgIpc) is 1.83. The van der Waals surface area contributed by atoms with E-state index in [2.05, 4.69) is 0 Å². The van der Waals surface area contributed by atoms with E-state index in [4.69, 9.17) is 11.5 Å². The number of hydrogen-bond acceptors (Lipinski definition) is 2. The molecule has 0 atom stereocenters. The van der Waals surface area contributed by atoms with Gasteiger partial charge in [0.2, 0.25) is 0 Å². The van der Waals surface area contributed by atoms with E-state index in [0.717, 1.165) is 0 Å². The van der Waals surface area contributed by atoms with Crippen molar-refractivity contribution in [2.45, 2.75) is 33.2 Å². The lowest BCUT2D eigenvalue weighted by Gasteiger charge is -2.21. The smallest absolute Gasteiger partial charge is 0.0311 e. The molecule has 0 aromatic rings. The largest absolute Gasteiger partial charge is 0.327 e. The average molecular weight is 142 g/mol. The first kappa shape index (κ1) is 9.66. The molecule has 0 fully saturated rings. The van der Waals surface area contributed by atoms with Crippen LogP contribution in [-0.2, 0) is 0 Å². The summed E-state index contributed by atoms with van der Waals surface area (Å²) in [5.74, 6) is 0. The number of nitrogens with two attached hydrogens (primary N) is 2. The molecule has 4 N–H and O–H groups in total. The molecule has 0 unspecified atom stereocenters. The minimum atomic E-state index is -0.219. The minimum absolute atomic E-state index is 0.219. The van der Waals surface area contributed by atoms with Crippen LogP contribution >= 0.6 is 0 Å². The highest BCUT2D eigenvalue weighted by Crippen LogP contribution is 2.14. The van der Waals surface area contributed by atoms with Gasteiger partial charge >= 0.3 is 0 Å². The van der Waals surface area contributed by atoms with Crippen molar-refractivity contribution in [2.75, 3.05) is 6.54 Å². The molecule has 0 amide bonds. The highest BCUT2D eigenvalue weighted by atomic mass is 14.7. The summed E-state index contributed by atoms with van der Waals surface area (Å²) in [5.41, 5.74) is 13.5. The van der Waals surface area contributed by atoms with E-state index in [-0.39, 0.29) is 5.54 Å². The molecule has 0 aromatic carbocycles. The van der Waals surface area contributed by atoms with E-state index in [1.54, 1.807) is 0 Å². The van der Waals surface area contributed by atoms with Gasteiger partial charge in [-0.2, -0.15) is 0 Å². The summed E-state index contributed by atoms with van der Waals surface area (Å²) in [4.78, 5) is 0. The summed E-state index contributed by atoms with van der Waals surface area (Å²) in [7, 11) is 0. The maximum absolute atomic E-state index is 5.84. The van der Waals surface area contributed by atoms with Crippen molar-refractivity contribution in [2.24, 2.45) is 11.5 Å². The Morgan fingerprint density at radius 3 is 1.80 bits per heavy atom. The van der Waals surface area contributed by atoms with Crippen molar-refractivity contribution in [3.8, 4) is 0 Å². The van der Waals surface area contributed by atoms with Crippen molar-refractivity contribution in [1.29, 1.82) is 0 Å². The van der Waals surface area contributed by atoms with Gasteiger partial charge in [0.25, 0.3) is 0 Å². The Hall–Kier alpha value is -0.340. The van der Waals surface area contributed by atoms with Crippen LogP contribution in [-0.4, -0.2) is 12.1 Å². The second-order valence-electron chi connectivity index (χ2n) is 3.33. The quantitative estimate of drug-likeness (QED) is 0.565. The second kappa shape index (κ2) is 3.17. The van der Waals surface area contributed by atoms with Crippen LogP contribution in [0.15, 0.2) is 11.1 Å². The van der Waals surface area contributed by atoms with Gasteiger partial charge in [0.05, 0.1) is 0 Å². The fourth-order valence-corrected chi connectivity index (χ4v) is 0.703. The van der Waals surface area contributed by atoms with Gasteiger partial charge in [0.15, 0.2) is 0 Å². The van der Waals surface area contributed by atoms with Crippen LogP contribution in [0.4, 0.5) is 0 Å². The van der Waals surface area contributed by atoms with E-state index in [0.29, 0.717) is 6.54 Å². The fourth-order valence-electron chi connectivity index (χ4n) is 0.703. The number of hydrogen-bond donors (Lipinski definition) is 2. The molecule has 60 valence electrons. The molecule has 10 heavy (non-hydrogen) atoms. The number of rotatable bonds is 2. The van der Waals surface area contributed by atoms with Crippen LogP contribution in [0.25, 0.3) is 0 Å². The molecule has 0 bridgehead atoms. The fraction of sp³-hybridized carbons (Fsp3) is 0.750. The van der Waals surface area contributed by atoms with Crippen molar-refractivity contribution in [3.05, 3.63) is 11.1 Å². The SMILES string of the molecule is C/C(CN)=C(/C)C(C)(C)N. The third kappa shape index (κ3) is 2.50. The first-order valence-electron chi connectivity index (χ1n) is 3.55. The van der Waals surface area contributed by atoms with Gasteiger partial charge in [-0.05, 0) is 27.7 Å². The minimum Gasteiger partial charge on any atom is -0.327 e. The molecule has 2 nitrogen and oxygen atoms in total. The van der Waals surface area contributed by atoms with Gasteiger partial charge in [-0.25, -0.2) is 0 Å². The van der Waals surface area contributed by atoms with Crippen LogP contribution in [0.3, 0.4) is 0 Å². The lowest BCUT2D eigenvalue weighted by molar-refractivity contribution is 0.602. The second-order valence-corrected chi connectivity index (χ2v) is 3.33.